The number of carboxylic acid groups (broad SMARTS) is 1. The van der Waals surface area contributed by atoms with E-state index in [4.69, 9.17) is 18.9 Å². The molecule has 0 aromatic carbocycles. The number of carbonyl (C=O) groups is 1. The van der Waals surface area contributed by atoms with Crippen LogP contribution < -0.4 is 0 Å². The van der Waals surface area contributed by atoms with Gasteiger partial charge in [-0.2, -0.15) is 0 Å². The van der Waals surface area contributed by atoms with E-state index in [1.54, 1.807) is 0 Å². The molecule has 10 unspecified atom stereocenters. The summed E-state index contributed by atoms with van der Waals surface area (Å²) < 4.78 is 21.7. The van der Waals surface area contributed by atoms with Gasteiger partial charge in [0, 0.05) is 0 Å². The Kier molecular flexibility index (Phi) is 11.0. The summed E-state index contributed by atoms with van der Waals surface area (Å²) >= 11 is 0. The molecule has 34 heavy (non-hydrogen) atoms. The topological polar surface area (TPSA) is 196 Å². The van der Waals surface area contributed by atoms with E-state index in [0.717, 1.165) is 12.0 Å². The molecule has 0 spiro atoms. The van der Waals surface area contributed by atoms with Gasteiger partial charge in [-0.05, 0) is 33.1 Å². The fraction of sp³-hybridized carbons (Fsp3) is 0.773. The van der Waals surface area contributed by atoms with Crippen LogP contribution in [0.15, 0.2) is 23.8 Å². The molecule has 196 valence electrons. The highest BCUT2D eigenvalue weighted by molar-refractivity contribution is 5.73. The second-order valence-corrected chi connectivity index (χ2v) is 8.73. The second-order valence-electron chi connectivity index (χ2n) is 8.73. The van der Waals surface area contributed by atoms with Gasteiger partial charge in [0.25, 0.3) is 0 Å². The molecule has 2 aliphatic heterocycles. The van der Waals surface area contributed by atoms with Crippen molar-refractivity contribution in [1.29, 1.82) is 0 Å². The molecule has 2 saturated heterocycles. The summed E-state index contributed by atoms with van der Waals surface area (Å²) in [6, 6.07) is 0. The van der Waals surface area contributed by atoms with Gasteiger partial charge in [0.2, 0.25) is 0 Å². The predicted octanol–water partition coefficient (Wildman–Crippen LogP) is -1.59. The van der Waals surface area contributed by atoms with Crippen molar-refractivity contribution in [2.75, 3.05) is 13.2 Å². The number of hydrogen-bond donors (Lipinski definition) is 7. The summed E-state index contributed by atoms with van der Waals surface area (Å²) in [4.78, 5) is 11.5. The third-order valence-electron chi connectivity index (χ3n) is 5.72. The monoisotopic (exact) mass is 492 g/mol. The van der Waals surface area contributed by atoms with Crippen LogP contribution in [0.25, 0.3) is 0 Å². The van der Waals surface area contributed by atoms with E-state index in [1.165, 1.54) is 5.57 Å². The van der Waals surface area contributed by atoms with E-state index in [9.17, 15) is 40.5 Å². The normalized spacial score (nSPS) is 38.4. The second kappa shape index (κ2) is 13.0. The minimum atomic E-state index is -1.90. The molecule has 0 bridgehead atoms. The van der Waals surface area contributed by atoms with Crippen molar-refractivity contribution in [3.63, 3.8) is 0 Å². The summed E-state index contributed by atoms with van der Waals surface area (Å²) in [5, 5.41) is 69.5. The van der Waals surface area contributed by atoms with Crippen molar-refractivity contribution in [3.8, 4) is 0 Å². The van der Waals surface area contributed by atoms with E-state index < -0.39 is 74.0 Å². The van der Waals surface area contributed by atoms with Crippen LogP contribution in [0.5, 0.6) is 0 Å². The average molecular weight is 493 g/mol. The Bertz CT molecular complexity index is 706. The lowest BCUT2D eigenvalue weighted by molar-refractivity contribution is -0.363. The number of rotatable bonds is 11. The Morgan fingerprint density at radius 2 is 1.62 bits per heavy atom. The van der Waals surface area contributed by atoms with Crippen LogP contribution in [-0.2, 0) is 23.7 Å². The number of carboxylic acids is 1. The summed E-state index contributed by atoms with van der Waals surface area (Å²) in [5.41, 5.74) is 2.05. The van der Waals surface area contributed by atoms with E-state index in [1.807, 2.05) is 13.8 Å². The zero-order chi connectivity index (χ0) is 25.6. The standard InChI is InChI=1S/C22H36O12/c1-10(2)5-4-6-11(3)7-8-31-22-19(16(27)15(26)18(33-22)20(29)30)34-21-17(28)14(25)13(24)12(9-23)32-21/h5,12-19,21-28H,3-4,6-9H2,1-2H3,(H,29,30). The van der Waals surface area contributed by atoms with E-state index in [-0.39, 0.29) is 6.61 Å². The van der Waals surface area contributed by atoms with Gasteiger partial charge >= 0.3 is 5.97 Å². The summed E-state index contributed by atoms with van der Waals surface area (Å²) in [7, 11) is 0. The lowest BCUT2D eigenvalue weighted by Crippen LogP contribution is -2.65. The molecular formula is C22H36O12. The third-order valence-corrected chi connectivity index (χ3v) is 5.72. The van der Waals surface area contributed by atoms with E-state index in [0.29, 0.717) is 12.8 Å². The van der Waals surface area contributed by atoms with Crippen LogP contribution in [0, 0.1) is 0 Å². The zero-order valence-electron chi connectivity index (χ0n) is 19.3. The first-order valence-electron chi connectivity index (χ1n) is 11.1. The third kappa shape index (κ3) is 7.28. The smallest absolute Gasteiger partial charge is 0.335 e. The largest absolute Gasteiger partial charge is 0.479 e. The Balaban J connectivity index is 2.09. The molecule has 2 heterocycles. The van der Waals surface area contributed by atoms with Gasteiger partial charge in [-0.3, -0.25) is 0 Å². The predicted molar refractivity (Wildman–Crippen MR) is 115 cm³/mol. The van der Waals surface area contributed by atoms with Crippen LogP contribution in [0.1, 0.15) is 33.1 Å². The lowest BCUT2D eigenvalue weighted by Gasteiger charge is -2.45. The van der Waals surface area contributed by atoms with Gasteiger partial charge in [0.15, 0.2) is 18.7 Å². The minimum absolute atomic E-state index is 0.0298. The quantitative estimate of drug-likeness (QED) is 0.164. The molecule has 0 radical (unpaired) electrons. The van der Waals surface area contributed by atoms with Crippen LogP contribution in [0.3, 0.4) is 0 Å². The SMILES string of the molecule is C=C(CCC=C(C)C)CCOC1OC(C(=O)O)C(O)C(O)C1OC1OC(CO)C(O)C(O)C1O. The molecule has 0 saturated carbocycles. The molecule has 0 aliphatic carbocycles. The summed E-state index contributed by atoms with van der Waals surface area (Å²) in [6.45, 7) is 7.27. The van der Waals surface area contributed by atoms with Crippen LogP contribution in [-0.4, -0.2) is 116 Å². The molecule has 12 heteroatoms. The summed E-state index contributed by atoms with van der Waals surface area (Å²) in [6.07, 6.45) is -12.7. The summed E-state index contributed by atoms with van der Waals surface area (Å²) in [5.74, 6) is -1.53. The van der Waals surface area contributed by atoms with Gasteiger partial charge < -0.3 is 54.7 Å². The van der Waals surface area contributed by atoms with Crippen molar-refractivity contribution in [3.05, 3.63) is 23.8 Å². The van der Waals surface area contributed by atoms with Crippen LogP contribution in [0.2, 0.25) is 0 Å². The van der Waals surface area contributed by atoms with Gasteiger partial charge in [-0.1, -0.05) is 23.8 Å². The number of aliphatic hydroxyl groups is 6. The Morgan fingerprint density at radius 1 is 0.941 bits per heavy atom. The number of ether oxygens (including phenoxy) is 4. The van der Waals surface area contributed by atoms with Crippen molar-refractivity contribution >= 4 is 5.97 Å². The maximum Gasteiger partial charge on any atom is 0.335 e. The Hall–Kier alpha value is -1.45. The maximum absolute atomic E-state index is 11.5. The van der Waals surface area contributed by atoms with Gasteiger partial charge in [0.1, 0.15) is 42.7 Å². The maximum atomic E-state index is 11.5. The number of aliphatic hydroxyl groups excluding tert-OH is 6. The molecule has 0 amide bonds. The highest BCUT2D eigenvalue weighted by atomic mass is 16.8. The van der Waals surface area contributed by atoms with Crippen LogP contribution >= 0.6 is 0 Å². The number of allylic oxidation sites excluding steroid dienone is 2. The van der Waals surface area contributed by atoms with E-state index in [2.05, 4.69) is 12.7 Å². The zero-order valence-corrected chi connectivity index (χ0v) is 19.3. The molecule has 2 fully saturated rings. The Labute approximate surface area is 197 Å². The first kappa shape index (κ1) is 28.8. The molecule has 0 aromatic heterocycles. The molecule has 2 rings (SSSR count). The fourth-order valence-electron chi connectivity index (χ4n) is 3.66. The highest BCUT2D eigenvalue weighted by Gasteiger charge is 2.52. The van der Waals surface area contributed by atoms with E-state index >= 15 is 0 Å². The lowest BCUT2D eigenvalue weighted by atomic mass is 9.97. The molecule has 2 aliphatic rings. The average Bonchev–Trinajstić information content (AvgIpc) is 2.77. The van der Waals surface area contributed by atoms with Crippen molar-refractivity contribution in [1.82, 2.24) is 0 Å². The number of hydrogen-bond acceptors (Lipinski definition) is 11. The molecule has 12 nitrogen and oxygen atoms in total. The van der Waals surface area contributed by atoms with Crippen LogP contribution in [0.4, 0.5) is 0 Å². The molecule has 10 atom stereocenters. The number of aliphatic carboxylic acids is 1. The molecule has 0 aromatic rings. The Morgan fingerprint density at radius 3 is 2.21 bits per heavy atom. The molecule has 7 N–H and O–H groups in total. The van der Waals surface area contributed by atoms with Gasteiger partial charge in [0.05, 0.1) is 13.2 Å². The van der Waals surface area contributed by atoms with Gasteiger partial charge in [-0.25, -0.2) is 4.79 Å². The van der Waals surface area contributed by atoms with Crippen molar-refractivity contribution in [2.45, 2.75) is 94.5 Å². The highest BCUT2D eigenvalue weighted by Crippen LogP contribution is 2.30. The van der Waals surface area contributed by atoms with Crippen molar-refractivity contribution < 1.29 is 59.5 Å². The molecular weight excluding hydrogens is 456 g/mol. The van der Waals surface area contributed by atoms with Crippen molar-refractivity contribution in [2.24, 2.45) is 0 Å². The fourth-order valence-corrected chi connectivity index (χ4v) is 3.66. The first-order valence-corrected chi connectivity index (χ1v) is 11.1. The first-order chi connectivity index (χ1) is 16.0. The minimum Gasteiger partial charge on any atom is -0.479 e. The van der Waals surface area contributed by atoms with Gasteiger partial charge in [-0.15, -0.1) is 0 Å².